The van der Waals surface area contributed by atoms with E-state index >= 15 is 0 Å². The summed E-state index contributed by atoms with van der Waals surface area (Å²) in [6.45, 7) is 0. The minimum Gasteiger partial charge on any atom is -0.249 e. The number of thioether (sulfide) groups is 1. The van der Waals surface area contributed by atoms with E-state index in [1.165, 1.54) is 37.1 Å². The maximum absolute atomic E-state index is 4.39. The molecule has 0 aliphatic heterocycles. The average Bonchev–Trinajstić information content (AvgIpc) is 2.23. The molecule has 0 radical (unpaired) electrons. The molecule has 0 aromatic carbocycles. The normalized spacial score (nSPS) is 18.4. The van der Waals surface area contributed by atoms with Crippen molar-refractivity contribution in [3.05, 3.63) is 22.8 Å². The topological polar surface area (TPSA) is 12.9 Å². The molecule has 0 N–H and O–H groups in total. The van der Waals surface area contributed by atoms with E-state index in [2.05, 4.69) is 33.0 Å². The molecular formula is C11H14BrNS. The predicted octanol–water partition coefficient (Wildman–Crippen LogP) is 4.27. The second-order valence-corrected chi connectivity index (χ2v) is 5.93. The van der Waals surface area contributed by atoms with Gasteiger partial charge < -0.3 is 0 Å². The van der Waals surface area contributed by atoms with E-state index in [9.17, 15) is 0 Å². The second-order valence-electron chi connectivity index (χ2n) is 3.69. The second kappa shape index (κ2) is 5.17. The highest BCUT2D eigenvalue weighted by Gasteiger charge is 2.14. The van der Waals surface area contributed by atoms with E-state index in [0.29, 0.717) is 0 Å². The Morgan fingerprint density at radius 1 is 1.21 bits per heavy atom. The molecule has 0 atom stereocenters. The van der Waals surface area contributed by atoms with Crippen molar-refractivity contribution in [2.24, 2.45) is 0 Å². The highest BCUT2D eigenvalue weighted by atomic mass is 79.9. The quantitative estimate of drug-likeness (QED) is 0.797. The Hall–Kier alpha value is -0.0200. The first-order chi connectivity index (χ1) is 6.84. The summed E-state index contributed by atoms with van der Waals surface area (Å²) in [5, 5.41) is 1.97. The van der Waals surface area contributed by atoms with Gasteiger partial charge >= 0.3 is 0 Å². The van der Waals surface area contributed by atoms with Gasteiger partial charge in [-0.2, -0.15) is 0 Å². The Morgan fingerprint density at radius 2 is 2.00 bits per heavy atom. The molecule has 1 heterocycles. The lowest BCUT2D eigenvalue weighted by Gasteiger charge is -2.20. The van der Waals surface area contributed by atoms with Crippen molar-refractivity contribution >= 4 is 27.7 Å². The number of hydrogen-bond donors (Lipinski definition) is 0. The van der Waals surface area contributed by atoms with Gasteiger partial charge in [-0.1, -0.05) is 19.3 Å². The van der Waals surface area contributed by atoms with Gasteiger partial charge in [0.2, 0.25) is 0 Å². The molecule has 1 aliphatic carbocycles. The van der Waals surface area contributed by atoms with Crippen LogP contribution in [0.1, 0.15) is 32.1 Å². The average molecular weight is 272 g/mol. The third-order valence-corrected chi connectivity index (χ3v) is 4.30. The van der Waals surface area contributed by atoms with E-state index in [-0.39, 0.29) is 0 Å². The summed E-state index contributed by atoms with van der Waals surface area (Å²) in [7, 11) is 0. The van der Waals surface area contributed by atoms with Crippen molar-refractivity contribution in [3.8, 4) is 0 Å². The molecule has 14 heavy (non-hydrogen) atoms. The van der Waals surface area contributed by atoms with Gasteiger partial charge in [0.1, 0.15) is 0 Å². The number of rotatable bonds is 2. The zero-order valence-corrected chi connectivity index (χ0v) is 10.5. The van der Waals surface area contributed by atoms with Crippen LogP contribution in [0.3, 0.4) is 0 Å². The van der Waals surface area contributed by atoms with E-state index in [0.717, 1.165) is 9.72 Å². The standard InChI is InChI=1S/C11H14BrNS/c12-9-6-7-11(13-8-9)14-10-4-2-1-3-5-10/h6-8,10H,1-5H2. The third kappa shape index (κ3) is 2.99. The lowest BCUT2D eigenvalue weighted by Crippen LogP contribution is -2.07. The summed E-state index contributed by atoms with van der Waals surface area (Å²) in [5.74, 6) is 0. The fourth-order valence-electron chi connectivity index (χ4n) is 1.79. The Labute approximate surface area is 97.8 Å². The Kier molecular flexibility index (Phi) is 3.88. The van der Waals surface area contributed by atoms with Crippen LogP contribution in [0, 0.1) is 0 Å². The molecule has 1 fully saturated rings. The molecule has 0 amide bonds. The van der Waals surface area contributed by atoms with Crippen molar-refractivity contribution in [2.45, 2.75) is 42.4 Å². The van der Waals surface area contributed by atoms with Crippen LogP contribution in [0.4, 0.5) is 0 Å². The van der Waals surface area contributed by atoms with Gasteiger partial charge in [0.05, 0.1) is 5.03 Å². The molecule has 0 bridgehead atoms. The molecule has 2 rings (SSSR count). The minimum absolute atomic E-state index is 0.803. The summed E-state index contributed by atoms with van der Waals surface area (Å²) >= 11 is 5.34. The van der Waals surface area contributed by atoms with Gasteiger partial charge in [-0.05, 0) is 40.9 Å². The van der Waals surface area contributed by atoms with Crippen molar-refractivity contribution in [1.82, 2.24) is 4.98 Å². The highest BCUT2D eigenvalue weighted by molar-refractivity contribution is 9.10. The Balaban J connectivity index is 1.92. The molecule has 0 spiro atoms. The molecule has 1 saturated carbocycles. The summed E-state index contributed by atoms with van der Waals surface area (Å²) in [5.41, 5.74) is 0. The fraction of sp³-hybridized carbons (Fsp3) is 0.545. The SMILES string of the molecule is Brc1ccc(SC2CCCCC2)nc1. The van der Waals surface area contributed by atoms with Crippen LogP contribution in [0.25, 0.3) is 0 Å². The van der Waals surface area contributed by atoms with E-state index in [1.54, 1.807) is 0 Å². The van der Waals surface area contributed by atoms with Crippen LogP contribution >= 0.6 is 27.7 Å². The zero-order valence-electron chi connectivity index (χ0n) is 8.08. The maximum atomic E-state index is 4.39. The van der Waals surface area contributed by atoms with Crippen LogP contribution in [0.15, 0.2) is 27.8 Å². The van der Waals surface area contributed by atoms with Gasteiger partial charge in [0.15, 0.2) is 0 Å². The van der Waals surface area contributed by atoms with E-state index in [4.69, 9.17) is 0 Å². The summed E-state index contributed by atoms with van der Waals surface area (Å²) in [6.07, 6.45) is 8.82. The summed E-state index contributed by atoms with van der Waals surface area (Å²) in [4.78, 5) is 4.39. The van der Waals surface area contributed by atoms with Crippen molar-refractivity contribution in [1.29, 1.82) is 0 Å². The minimum atomic E-state index is 0.803. The Bertz CT molecular complexity index is 280. The van der Waals surface area contributed by atoms with Crippen LogP contribution in [0.2, 0.25) is 0 Å². The van der Waals surface area contributed by atoms with Gasteiger partial charge in [-0.3, -0.25) is 0 Å². The Morgan fingerprint density at radius 3 is 2.64 bits per heavy atom. The van der Waals surface area contributed by atoms with Crippen LogP contribution < -0.4 is 0 Å². The van der Waals surface area contributed by atoms with Crippen LogP contribution in [-0.2, 0) is 0 Å². The summed E-state index contributed by atoms with van der Waals surface area (Å²) < 4.78 is 1.06. The molecule has 76 valence electrons. The third-order valence-electron chi connectivity index (χ3n) is 2.54. The van der Waals surface area contributed by atoms with E-state index < -0.39 is 0 Å². The van der Waals surface area contributed by atoms with Crippen LogP contribution in [-0.4, -0.2) is 10.2 Å². The summed E-state index contributed by atoms with van der Waals surface area (Å²) in [6, 6.07) is 4.17. The highest BCUT2D eigenvalue weighted by Crippen LogP contribution is 2.32. The first-order valence-electron chi connectivity index (χ1n) is 5.13. The first kappa shape index (κ1) is 10.5. The lowest BCUT2D eigenvalue weighted by atomic mass is 10.0. The van der Waals surface area contributed by atoms with Gasteiger partial charge in [0, 0.05) is 15.9 Å². The lowest BCUT2D eigenvalue weighted by molar-refractivity contribution is 0.515. The number of hydrogen-bond acceptors (Lipinski definition) is 2. The molecule has 3 heteroatoms. The molecule has 1 aromatic heterocycles. The van der Waals surface area contributed by atoms with Gasteiger partial charge in [-0.25, -0.2) is 4.98 Å². The smallest absolute Gasteiger partial charge is 0.0963 e. The number of nitrogens with zero attached hydrogens (tertiary/aromatic N) is 1. The van der Waals surface area contributed by atoms with Crippen molar-refractivity contribution in [3.63, 3.8) is 0 Å². The zero-order chi connectivity index (χ0) is 9.80. The first-order valence-corrected chi connectivity index (χ1v) is 6.80. The predicted molar refractivity (Wildman–Crippen MR) is 64.7 cm³/mol. The fourth-order valence-corrected chi connectivity index (χ4v) is 3.19. The molecule has 0 saturated heterocycles. The number of pyridine rings is 1. The number of aromatic nitrogens is 1. The van der Waals surface area contributed by atoms with Crippen molar-refractivity contribution in [2.75, 3.05) is 0 Å². The largest absolute Gasteiger partial charge is 0.249 e. The maximum Gasteiger partial charge on any atom is 0.0963 e. The molecule has 1 aromatic rings. The molecular weight excluding hydrogens is 258 g/mol. The monoisotopic (exact) mass is 271 g/mol. The van der Waals surface area contributed by atoms with Gasteiger partial charge in [0.25, 0.3) is 0 Å². The molecule has 1 aliphatic rings. The van der Waals surface area contributed by atoms with Gasteiger partial charge in [-0.15, -0.1) is 11.8 Å². The van der Waals surface area contributed by atoms with Crippen LogP contribution in [0.5, 0.6) is 0 Å². The number of halogens is 1. The molecule has 1 nitrogen and oxygen atoms in total. The van der Waals surface area contributed by atoms with E-state index in [1.807, 2.05) is 18.0 Å². The van der Waals surface area contributed by atoms with Crippen molar-refractivity contribution < 1.29 is 0 Å². The molecule has 0 unspecified atom stereocenters.